The average Bonchev–Trinajstić information content (AvgIpc) is 2.47. The Hall–Kier alpha value is -2.00. The van der Waals surface area contributed by atoms with Crippen LogP contribution in [0.5, 0.6) is 0 Å². The van der Waals surface area contributed by atoms with Gasteiger partial charge in [0, 0.05) is 16.3 Å². The normalized spacial score (nSPS) is 13.1. The van der Waals surface area contributed by atoms with Gasteiger partial charge in [-0.25, -0.2) is 0 Å². The number of carbonyl (C=O) groups excluding carboxylic acids is 1. The van der Waals surface area contributed by atoms with Gasteiger partial charge in [-0.3, -0.25) is 4.79 Å². The summed E-state index contributed by atoms with van der Waals surface area (Å²) in [6, 6.07) is 5.23. The molecule has 13 heavy (non-hydrogen) atoms. The fourth-order valence-electron chi connectivity index (χ4n) is 1.37. The molecular formula is C8H6N4O. The Bertz CT molecular complexity index is 420. The summed E-state index contributed by atoms with van der Waals surface area (Å²) in [4.78, 5) is 13.7. The molecule has 0 unspecified atom stereocenters. The molecule has 2 rings (SSSR count). The molecule has 1 aliphatic rings. The van der Waals surface area contributed by atoms with Gasteiger partial charge in [0.25, 0.3) is 0 Å². The van der Waals surface area contributed by atoms with Crippen molar-refractivity contribution in [3.63, 3.8) is 0 Å². The highest BCUT2D eigenvalue weighted by molar-refractivity contribution is 6.00. The zero-order valence-electron chi connectivity index (χ0n) is 6.69. The van der Waals surface area contributed by atoms with E-state index in [1.54, 1.807) is 18.2 Å². The van der Waals surface area contributed by atoms with Crippen molar-refractivity contribution < 1.29 is 4.79 Å². The molecule has 5 heteroatoms. The fraction of sp³-hybridized carbons (Fsp3) is 0.125. The second-order valence-electron chi connectivity index (χ2n) is 2.72. The second kappa shape index (κ2) is 2.80. The number of hydrogen-bond donors (Lipinski definition) is 1. The molecular weight excluding hydrogens is 168 g/mol. The zero-order chi connectivity index (χ0) is 9.26. The summed E-state index contributed by atoms with van der Waals surface area (Å²) in [6.45, 7) is 0. The van der Waals surface area contributed by atoms with Crippen LogP contribution < -0.4 is 5.32 Å². The van der Waals surface area contributed by atoms with Crippen molar-refractivity contribution in [2.45, 2.75) is 6.42 Å². The number of anilines is 1. The van der Waals surface area contributed by atoms with Gasteiger partial charge in [-0.05, 0) is 17.2 Å². The Balaban J connectivity index is 2.57. The lowest BCUT2D eigenvalue weighted by molar-refractivity contribution is -0.115. The number of benzene rings is 1. The second-order valence-corrected chi connectivity index (χ2v) is 2.72. The van der Waals surface area contributed by atoms with E-state index in [1.165, 1.54) is 0 Å². The van der Waals surface area contributed by atoms with Crippen LogP contribution in [0.1, 0.15) is 5.56 Å². The van der Waals surface area contributed by atoms with E-state index in [0.29, 0.717) is 12.1 Å². The first kappa shape index (κ1) is 7.64. The number of amides is 1. The number of azide groups is 1. The molecule has 0 spiro atoms. The number of hydrogen-bond acceptors (Lipinski definition) is 2. The molecule has 5 nitrogen and oxygen atoms in total. The maximum Gasteiger partial charge on any atom is 0.228 e. The van der Waals surface area contributed by atoms with Gasteiger partial charge in [-0.2, -0.15) is 0 Å². The lowest BCUT2D eigenvalue weighted by Crippen LogP contribution is -2.03. The standard InChI is InChI=1S/C8H6N4O/c9-12-11-7-3-1-2-6-5(7)4-8(13)10-6/h1-3H,4H2,(H,10,13). The summed E-state index contributed by atoms with van der Waals surface area (Å²) in [5.41, 5.74) is 10.3. The van der Waals surface area contributed by atoms with Crippen LogP contribution in [-0.4, -0.2) is 5.91 Å². The Labute approximate surface area is 74.0 Å². The Kier molecular flexibility index (Phi) is 1.65. The molecule has 0 atom stereocenters. The van der Waals surface area contributed by atoms with Gasteiger partial charge in [0.15, 0.2) is 0 Å². The predicted octanol–water partition coefficient (Wildman–Crippen LogP) is 2.12. The molecule has 0 fully saturated rings. The van der Waals surface area contributed by atoms with E-state index in [4.69, 9.17) is 5.53 Å². The molecule has 1 amide bonds. The van der Waals surface area contributed by atoms with Crippen LogP contribution in [0.15, 0.2) is 23.3 Å². The van der Waals surface area contributed by atoms with E-state index in [0.717, 1.165) is 11.3 Å². The number of nitrogens with zero attached hydrogens (tertiary/aromatic N) is 3. The van der Waals surface area contributed by atoms with Crippen molar-refractivity contribution in [3.05, 3.63) is 34.2 Å². The third-order valence-electron chi connectivity index (χ3n) is 1.92. The first-order valence-corrected chi connectivity index (χ1v) is 3.78. The maximum atomic E-state index is 11.0. The van der Waals surface area contributed by atoms with E-state index in [2.05, 4.69) is 15.3 Å². The molecule has 0 aromatic heterocycles. The van der Waals surface area contributed by atoms with Crippen LogP contribution in [0.3, 0.4) is 0 Å². The van der Waals surface area contributed by atoms with Crippen LogP contribution in [0.4, 0.5) is 11.4 Å². The molecule has 0 saturated carbocycles. The van der Waals surface area contributed by atoms with Gasteiger partial charge in [0.1, 0.15) is 0 Å². The summed E-state index contributed by atoms with van der Waals surface area (Å²) in [7, 11) is 0. The van der Waals surface area contributed by atoms with Crippen LogP contribution >= 0.6 is 0 Å². The highest BCUT2D eigenvalue weighted by Gasteiger charge is 2.19. The van der Waals surface area contributed by atoms with Crippen molar-refractivity contribution >= 4 is 17.3 Å². The molecule has 1 aromatic rings. The average molecular weight is 174 g/mol. The van der Waals surface area contributed by atoms with E-state index in [1.807, 2.05) is 0 Å². The predicted molar refractivity (Wildman–Crippen MR) is 47.6 cm³/mol. The SMILES string of the molecule is [N-]=[N+]=Nc1cccc2c1CC(=O)N2. The lowest BCUT2D eigenvalue weighted by atomic mass is 10.1. The van der Waals surface area contributed by atoms with E-state index in [9.17, 15) is 4.79 Å². The van der Waals surface area contributed by atoms with Crippen molar-refractivity contribution in [1.29, 1.82) is 0 Å². The molecule has 64 valence electrons. The molecule has 0 bridgehead atoms. The van der Waals surface area contributed by atoms with Crippen molar-refractivity contribution in [1.82, 2.24) is 0 Å². The van der Waals surface area contributed by atoms with E-state index < -0.39 is 0 Å². The van der Waals surface area contributed by atoms with E-state index in [-0.39, 0.29) is 5.91 Å². The van der Waals surface area contributed by atoms with Crippen LogP contribution in [0.25, 0.3) is 10.4 Å². The third-order valence-corrected chi connectivity index (χ3v) is 1.92. The smallest absolute Gasteiger partial charge is 0.228 e. The minimum Gasteiger partial charge on any atom is -0.326 e. The van der Waals surface area contributed by atoms with Crippen molar-refractivity contribution in [3.8, 4) is 0 Å². The molecule has 1 N–H and O–H groups in total. The third kappa shape index (κ3) is 1.21. The zero-order valence-corrected chi connectivity index (χ0v) is 6.69. The molecule has 1 heterocycles. The Morgan fingerprint density at radius 2 is 2.38 bits per heavy atom. The summed E-state index contributed by atoms with van der Waals surface area (Å²) in [6.07, 6.45) is 0.296. The number of nitrogens with one attached hydrogen (secondary N) is 1. The van der Waals surface area contributed by atoms with Gasteiger partial charge in [-0.15, -0.1) is 0 Å². The molecule has 0 saturated heterocycles. The van der Waals surface area contributed by atoms with Crippen molar-refractivity contribution in [2.24, 2.45) is 5.11 Å². The molecule has 0 radical (unpaired) electrons. The van der Waals surface area contributed by atoms with E-state index >= 15 is 0 Å². The van der Waals surface area contributed by atoms with Gasteiger partial charge in [0.05, 0.1) is 6.42 Å². The summed E-state index contributed by atoms with van der Waals surface area (Å²) in [5.74, 6) is -0.0596. The molecule has 0 aliphatic carbocycles. The topological polar surface area (TPSA) is 77.9 Å². The minimum absolute atomic E-state index is 0.0596. The van der Waals surface area contributed by atoms with Crippen LogP contribution in [0, 0.1) is 0 Å². The largest absolute Gasteiger partial charge is 0.326 e. The highest BCUT2D eigenvalue weighted by atomic mass is 16.1. The molecule has 1 aromatic carbocycles. The number of fused-ring (bicyclic) bond motifs is 1. The first-order chi connectivity index (χ1) is 6.31. The van der Waals surface area contributed by atoms with Crippen LogP contribution in [0.2, 0.25) is 0 Å². The summed E-state index contributed by atoms with van der Waals surface area (Å²) >= 11 is 0. The number of rotatable bonds is 1. The van der Waals surface area contributed by atoms with Crippen molar-refractivity contribution in [2.75, 3.05) is 5.32 Å². The number of carbonyl (C=O) groups is 1. The Morgan fingerprint density at radius 1 is 1.54 bits per heavy atom. The maximum absolute atomic E-state index is 11.0. The lowest BCUT2D eigenvalue weighted by Gasteiger charge is -1.99. The minimum atomic E-state index is -0.0596. The van der Waals surface area contributed by atoms with Gasteiger partial charge < -0.3 is 5.32 Å². The summed E-state index contributed by atoms with van der Waals surface area (Å²) in [5, 5.41) is 6.18. The van der Waals surface area contributed by atoms with Crippen LogP contribution in [-0.2, 0) is 11.2 Å². The molecule has 1 aliphatic heterocycles. The highest BCUT2D eigenvalue weighted by Crippen LogP contribution is 2.31. The van der Waals surface area contributed by atoms with Gasteiger partial charge in [0.2, 0.25) is 5.91 Å². The first-order valence-electron chi connectivity index (χ1n) is 3.78. The summed E-state index contributed by atoms with van der Waals surface area (Å²) < 4.78 is 0. The Morgan fingerprint density at radius 3 is 3.15 bits per heavy atom. The quantitative estimate of drug-likeness (QED) is 0.395. The van der Waals surface area contributed by atoms with Gasteiger partial charge in [-0.1, -0.05) is 17.2 Å². The fourth-order valence-corrected chi connectivity index (χ4v) is 1.37. The van der Waals surface area contributed by atoms with Gasteiger partial charge >= 0.3 is 0 Å². The monoisotopic (exact) mass is 174 g/mol.